The van der Waals surface area contributed by atoms with Crippen molar-refractivity contribution in [3.8, 4) is 0 Å². The first-order valence-electron chi connectivity index (χ1n) is 17.3. The topological polar surface area (TPSA) is 165 Å². The number of anilines is 2. The largest absolute Gasteiger partial charge is 0.444 e. The number of Topliss-reactive ketones (excluding diaryl/α,β-unsaturated/α-hetero) is 1. The Morgan fingerprint density at radius 1 is 0.980 bits per heavy atom. The van der Waals surface area contributed by atoms with Gasteiger partial charge >= 0.3 is 6.09 Å². The van der Waals surface area contributed by atoms with Crippen LogP contribution in [0.2, 0.25) is 0 Å². The van der Waals surface area contributed by atoms with Crippen LogP contribution in [0.5, 0.6) is 0 Å². The highest BCUT2D eigenvalue weighted by molar-refractivity contribution is 5.99. The van der Waals surface area contributed by atoms with Crippen molar-refractivity contribution in [2.75, 3.05) is 22.9 Å². The van der Waals surface area contributed by atoms with Crippen molar-refractivity contribution in [1.29, 1.82) is 0 Å². The number of nitrogens with one attached hydrogen (secondary N) is 1. The average molecular weight is 691 g/mol. The molecule has 0 radical (unpaired) electrons. The Morgan fingerprint density at radius 2 is 1.75 bits per heavy atom. The number of hydrogen-bond donors (Lipinski definition) is 2. The Kier molecular flexibility index (Phi) is 10.9. The first kappa shape index (κ1) is 35.1. The van der Waals surface area contributed by atoms with Gasteiger partial charge in [0.2, 0.25) is 5.91 Å². The van der Waals surface area contributed by atoms with E-state index in [2.05, 4.69) is 20.3 Å². The number of fused-ring (bicyclic) bond motifs is 1. The predicted octanol–water partition coefficient (Wildman–Crippen LogP) is 6.10. The van der Waals surface area contributed by atoms with E-state index in [0.29, 0.717) is 23.1 Å². The summed E-state index contributed by atoms with van der Waals surface area (Å²) in [5, 5.41) is 8.25. The first-order valence-corrected chi connectivity index (χ1v) is 17.3. The number of amides is 2. The standard InChI is InChI=1S/C39H42N6O6/c1-25-10-9-13-28(18-25)21-35-36(42-43-51-35)34(46)20-26(2)19-32(37(40)47)45(39(49)50-24-27-11-5-3-6-12-27)33-22-29-14-15-30(23-31(29)41-38(33)48)44-16-7-4-8-17-44/h3,5-6,9-15,18,22-23,26,32H,4,7-8,16-17,19-21,24H2,1-2H3,(H2,40,47)(H,41,48). The van der Waals surface area contributed by atoms with Gasteiger partial charge in [-0.25, -0.2) is 4.79 Å². The Hall–Kier alpha value is -5.78. The first-order chi connectivity index (χ1) is 24.7. The van der Waals surface area contributed by atoms with Gasteiger partial charge in [-0.2, -0.15) is 0 Å². The lowest BCUT2D eigenvalue weighted by Crippen LogP contribution is -2.51. The van der Waals surface area contributed by atoms with Gasteiger partial charge in [-0.1, -0.05) is 73.2 Å². The molecule has 12 heteroatoms. The van der Waals surface area contributed by atoms with E-state index in [4.69, 9.17) is 15.0 Å². The van der Waals surface area contributed by atoms with Crippen LogP contribution < -0.4 is 21.1 Å². The van der Waals surface area contributed by atoms with Crippen molar-refractivity contribution in [2.24, 2.45) is 11.7 Å². The van der Waals surface area contributed by atoms with Crippen LogP contribution in [-0.2, 0) is 22.6 Å². The van der Waals surface area contributed by atoms with Crippen LogP contribution in [0.1, 0.15) is 72.0 Å². The second-order valence-corrected chi connectivity index (χ2v) is 13.3. The highest BCUT2D eigenvalue weighted by Crippen LogP contribution is 2.28. The highest BCUT2D eigenvalue weighted by atomic mass is 16.6. The monoisotopic (exact) mass is 690 g/mol. The van der Waals surface area contributed by atoms with Crippen LogP contribution in [0.15, 0.2) is 88.2 Å². The lowest BCUT2D eigenvalue weighted by molar-refractivity contribution is -0.119. The van der Waals surface area contributed by atoms with E-state index in [1.165, 1.54) is 6.42 Å². The van der Waals surface area contributed by atoms with Gasteiger partial charge in [0.25, 0.3) is 5.56 Å². The number of nitrogens with two attached hydrogens (primary N) is 1. The van der Waals surface area contributed by atoms with E-state index in [9.17, 15) is 19.2 Å². The second kappa shape index (κ2) is 15.8. The minimum absolute atomic E-state index is 0.0363. The maximum atomic E-state index is 13.9. The lowest BCUT2D eigenvalue weighted by atomic mass is 9.93. The molecule has 0 bridgehead atoms. The lowest BCUT2D eigenvalue weighted by Gasteiger charge is -2.30. The fourth-order valence-electron chi connectivity index (χ4n) is 6.66. The van der Waals surface area contributed by atoms with Crippen molar-refractivity contribution in [3.05, 3.63) is 117 Å². The fraction of sp³-hybridized carbons (Fsp3) is 0.333. The van der Waals surface area contributed by atoms with E-state index in [0.717, 1.165) is 53.2 Å². The molecule has 0 aliphatic carbocycles. The molecule has 264 valence electrons. The van der Waals surface area contributed by atoms with Gasteiger partial charge < -0.3 is 24.9 Å². The number of pyridine rings is 1. The second-order valence-electron chi connectivity index (χ2n) is 13.3. The van der Waals surface area contributed by atoms with Crippen LogP contribution >= 0.6 is 0 Å². The van der Waals surface area contributed by atoms with Crippen molar-refractivity contribution in [2.45, 2.75) is 65.0 Å². The minimum atomic E-state index is -1.32. The van der Waals surface area contributed by atoms with Crippen molar-refractivity contribution in [1.82, 2.24) is 15.4 Å². The third-order valence-electron chi connectivity index (χ3n) is 9.26. The van der Waals surface area contributed by atoms with Gasteiger partial charge in [0.15, 0.2) is 17.2 Å². The molecule has 0 spiro atoms. The van der Waals surface area contributed by atoms with Crippen LogP contribution in [-0.4, -0.2) is 52.3 Å². The summed E-state index contributed by atoms with van der Waals surface area (Å²) in [6.45, 7) is 5.53. The zero-order valence-corrected chi connectivity index (χ0v) is 28.8. The van der Waals surface area contributed by atoms with Crippen LogP contribution in [0.4, 0.5) is 16.2 Å². The molecule has 1 saturated heterocycles. The number of aromatic nitrogens is 3. The molecule has 5 aromatic rings. The van der Waals surface area contributed by atoms with Gasteiger partial charge in [-0.3, -0.25) is 19.3 Å². The number of aromatic amines is 1. The number of hydrogen-bond acceptors (Lipinski definition) is 9. The Bertz CT molecular complexity index is 2070. The van der Waals surface area contributed by atoms with Gasteiger partial charge in [-0.15, -0.1) is 5.10 Å². The van der Waals surface area contributed by atoms with Crippen molar-refractivity contribution >= 4 is 40.1 Å². The maximum Gasteiger partial charge on any atom is 0.415 e. The Morgan fingerprint density at radius 3 is 2.49 bits per heavy atom. The number of benzene rings is 3. The number of carbonyl (C=O) groups is 3. The van der Waals surface area contributed by atoms with E-state index >= 15 is 0 Å². The van der Waals surface area contributed by atoms with E-state index in [1.54, 1.807) is 25.1 Å². The van der Waals surface area contributed by atoms with E-state index in [1.807, 2.05) is 67.6 Å². The van der Waals surface area contributed by atoms with E-state index in [-0.39, 0.29) is 36.6 Å². The number of ether oxygens (including phenoxy) is 1. The zero-order valence-electron chi connectivity index (χ0n) is 28.8. The summed E-state index contributed by atoms with van der Waals surface area (Å²) >= 11 is 0. The molecule has 3 aromatic carbocycles. The van der Waals surface area contributed by atoms with E-state index < -0.39 is 29.5 Å². The maximum absolute atomic E-state index is 13.9. The number of piperidine rings is 1. The molecule has 12 nitrogen and oxygen atoms in total. The normalized spacial score (nSPS) is 14.2. The molecule has 0 saturated carbocycles. The highest BCUT2D eigenvalue weighted by Gasteiger charge is 2.35. The number of carbonyl (C=O) groups excluding carboxylic acids is 3. The van der Waals surface area contributed by atoms with Gasteiger partial charge in [0.05, 0.1) is 5.52 Å². The summed E-state index contributed by atoms with van der Waals surface area (Å²) in [7, 11) is 0. The molecular weight excluding hydrogens is 648 g/mol. The Balaban J connectivity index is 1.26. The fourth-order valence-corrected chi connectivity index (χ4v) is 6.66. The van der Waals surface area contributed by atoms with Crippen LogP contribution in [0, 0.1) is 12.8 Å². The number of aryl methyl sites for hydroxylation is 1. The average Bonchev–Trinajstić information content (AvgIpc) is 3.59. The summed E-state index contributed by atoms with van der Waals surface area (Å²) in [4.78, 5) is 60.5. The smallest absolute Gasteiger partial charge is 0.415 e. The summed E-state index contributed by atoms with van der Waals surface area (Å²) in [6, 6.07) is 22.9. The molecular formula is C39H42N6O6. The minimum Gasteiger partial charge on any atom is -0.444 e. The number of H-pyrrole nitrogens is 1. The number of primary amides is 1. The molecule has 51 heavy (non-hydrogen) atoms. The van der Waals surface area contributed by atoms with Crippen molar-refractivity contribution < 1.29 is 23.6 Å². The number of nitrogens with zero attached hydrogens (tertiary/aromatic N) is 4. The van der Waals surface area contributed by atoms with Crippen LogP contribution in [0.3, 0.4) is 0 Å². The molecule has 3 heterocycles. The Labute approximate surface area is 295 Å². The summed E-state index contributed by atoms with van der Waals surface area (Å²) in [5.41, 5.74) is 9.72. The van der Waals surface area contributed by atoms with Crippen LogP contribution in [0.25, 0.3) is 10.9 Å². The molecule has 3 N–H and O–H groups in total. The summed E-state index contributed by atoms with van der Waals surface area (Å²) in [6.07, 6.45) is 2.74. The predicted molar refractivity (Wildman–Crippen MR) is 194 cm³/mol. The third-order valence-corrected chi connectivity index (χ3v) is 9.26. The zero-order chi connectivity index (χ0) is 35.9. The molecule has 2 unspecified atom stereocenters. The molecule has 2 amide bonds. The summed E-state index contributed by atoms with van der Waals surface area (Å²) in [5.74, 6) is -1.33. The SMILES string of the molecule is Cc1cccc(Cc2onnc2C(=O)CC(C)CC(C(N)=O)N(C(=O)OCc2ccccc2)c2cc3ccc(N4CCCCC4)cc3[nH]c2=O)c1. The number of ketones is 1. The molecule has 1 aliphatic rings. The van der Waals surface area contributed by atoms with Gasteiger partial charge in [0.1, 0.15) is 18.3 Å². The van der Waals surface area contributed by atoms with Crippen molar-refractivity contribution in [3.63, 3.8) is 0 Å². The third kappa shape index (κ3) is 8.51. The van der Waals surface area contributed by atoms with Gasteiger partial charge in [-0.05, 0) is 67.9 Å². The molecule has 6 rings (SSSR count). The summed E-state index contributed by atoms with van der Waals surface area (Å²) < 4.78 is 11.0. The van der Waals surface area contributed by atoms with Gasteiger partial charge in [0, 0.05) is 42.3 Å². The molecule has 2 atom stereocenters. The molecule has 2 aromatic heterocycles. The molecule has 1 fully saturated rings. The quantitative estimate of drug-likeness (QED) is 0.139. The number of rotatable bonds is 13. The molecule has 1 aliphatic heterocycles.